The fourth-order valence-corrected chi connectivity index (χ4v) is 3.98. The summed E-state index contributed by atoms with van der Waals surface area (Å²) in [7, 11) is 1.67. The van der Waals surface area contributed by atoms with Crippen LogP contribution in [0.25, 0.3) is 11.4 Å². The van der Waals surface area contributed by atoms with Crippen molar-refractivity contribution >= 4 is 35.3 Å². The largest absolute Gasteiger partial charge is 0.385 e. The minimum absolute atomic E-state index is 0.0843. The molecule has 8 nitrogen and oxygen atoms in total. The molecule has 0 aliphatic carbocycles. The molecule has 1 aromatic heterocycles. The van der Waals surface area contributed by atoms with Crippen molar-refractivity contribution in [1.82, 2.24) is 25.0 Å². The van der Waals surface area contributed by atoms with Crippen LogP contribution in [0.3, 0.4) is 0 Å². The Kier molecular flexibility index (Phi) is 7.30. The minimum Gasteiger partial charge on any atom is -0.385 e. The summed E-state index contributed by atoms with van der Waals surface area (Å²) in [6.07, 6.45) is 1.50. The van der Waals surface area contributed by atoms with Crippen LogP contribution in [-0.2, 0) is 16.1 Å². The van der Waals surface area contributed by atoms with Gasteiger partial charge < -0.3 is 14.6 Å². The minimum atomic E-state index is -0.321. The first-order chi connectivity index (χ1) is 13.6. The molecule has 1 aromatic carbocycles. The van der Waals surface area contributed by atoms with Crippen molar-refractivity contribution in [3.05, 3.63) is 29.3 Å². The quantitative estimate of drug-likeness (QED) is 0.359. The monoisotopic (exact) mass is 423 g/mol. The van der Waals surface area contributed by atoms with Crippen LogP contribution in [0.5, 0.6) is 0 Å². The predicted octanol–water partition coefficient (Wildman–Crippen LogP) is 2.67. The van der Waals surface area contributed by atoms with Crippen LogP contribution in [0.1, 0.15) is 12.8 Å². The van der Waals surface area contributed by atoms with Crippen LogP contribution >= 0.6 is 23.4 Å². The summed E-state index contributed by atoms with van der Waals surface area (Å²) in [5.74, 6) is 1.25. The standard InChI is InChI=1S/C18H22ClN5O3S/c1-27-10-4-8-24-16(13-6-2-3-7-14(13)19)21-22-18(24)28-11-5-9-23-15(25)12-20-17(23)26/h2-3,6-7H,4-5,8-12H2,1H3,(H,20,26). The smallest absolute Gasteiger partial charge is 0.324 e. The van der Waals surface area contributed by atoms with Gasteiger partial charge in [-0.15, -0.1) is 10.2 Å². The summed E-state index contributed by atoms with van der Waals surface area (Å²) in [4.78, 5) is 24.5. The molecule has 2 aromatic rings. The van der Waals surface area contributed by atoms with Gasteiger partial charge in [-0.1, -0.05) is 35.5 Å². The Labute approximate surface area is 172 Å². The molecule has 0 unspecified atom stereocenters. The van der Waals surface area contributed by atoms with Gasteiger partial charge in [-0.2, -0.15) is 0 Å². The lowest BCUT2D eigenvalue weighted by atomic mass is 10.2. The second-order valence-corrected chi connectivity index (χ2v) is 7.66. The number of halogens is 1. The van der Waals surface area contributed by atoms with Gasteiger partial charge >= 0.3 is 6.03 Å². The van der Waals surface area contributed by atoms with E-state index in [1.54, 1.807) is 18.9 Å². The van der Waals surface area contributed by atoms with E-state index in [9.17, 15) is 9.59 Å². The summed E-state index contributed by atoms with van der Waals surface area (Å²) in [5, 5.41) is 12.6. The van der Waals surface area contributed by atoms with E-state index in [0.717, 1.165) is 23.0 Å². The molecule has 1 fully saturated rings. The molecule has 2 heterocycles. The first-order valence-corrected chi connectivity index (χ1v) is 10.4. The summed E-state index contributed by atoms with van der Waals surface area (Å²) in [6, 6.07) is 7.23. The molecule has 0 bridgehead atoms. The number of amides is 3. The number of imide groups is 1. The van der Waals surface area contributed by atoms with E-state index in [1.165, 1.54) is 4.90 Å². The fourth-order valence-electron chi connectivity index (χ4n) is 2.87. The average molecular weight is 424 g/mol. The van der Waals surface area contributed by atoms with Gasteiger partial charge in [0.1, 0.15) is 0 Å². The van der Waals surface area contributed by atoms with E-state index in [0.29, 0.717) is 36.9 Å². The van der Waals surface area contributed by atoms with Gasteiger partial charge in [-0.25, -0.2) is 4.79 Å². The maximum atomic E-state index is 11.6. The Morgan fingerprint density at radius 1 is 1.21 bits per heavy atom. The zero-order valence-electron chi connectivity index (χ0n) is 15.6. The van der Waals surface area contributed by atoms with Crippen molar-refractivity contribution in [3.63, 3.8) is 0 Å². The maximum absolute atomic E-state index is 11.6. The molecule has 3 amide bonds. The van der Waals surface area contributed by atoms with Crippen molar-refractivity contribution < 1.29 is 14.3 Å². The first kappa shape index (κ1) is 20.6. The molecule has 150 valence electrons. The lowest BCUT2D eigenvalue weighted by Crippen LogP contribution is -2.32. The number of carbonyl (C=O) groups excluding carboxylic acids is 2. The molecule has 0 saturated carbocycles. The number of methoxy groups -OCH3 is 1. The third-order valence-corrected chi connectivity index (χ3v) is 5.64. The van der Waals surface area contributed by atoms with Gasteiger partial charge in [-0.05, 0) is 25.0 Å². The molecule has 0 atom stereocenters. The zero-order chi connectivity index (χ0) is 19.9. The molecule has 28 heavy (non-hydrogen) atoms. The van der Waals surface area contributed by atoms with Gasteiger partial charge in [-0.3, -0.25) is 9.69 Å². The van der Waals surface area contributed by atoms with Crippen LogP contribution in [-0.4, -0.2) is 64.2 Å². The molecular formula is C18H22ClN5O3S. The second-order valence-electron chi connectivity index (χ2n) is 6.19. The Morgan fingerprint density at radius 2 is 2.04 bits per heavy atom. The van der Waals surface area contributed by atoms with E-state index >= 15 is 0 Å². The maximum Gasteiger partial charge on any atom is 0.324 e. The summed E-state index contributed by atoms with van der Waals surface area (Å²) in [5.41, 5.74) is 0.834. The number of ether oxygens (including phenoxy) is 1. The number of benzene rings is 1. The lowest BCUT2D eigenvalue weighted by molar-refractivity contribution is -0.124. The van der Waals surface area contributed by atoms with Crippen molar-refractivity contribution in [1.29, 1.82) is 0 Å². The SMILES string of the molecule is COCCCn1c(SCCCN2C(=O)CNC2=O)nnc1-c1ccccc1Cl. The van der Waals surface area contributed by atoms with E-state index in [-0.39, 0.29) is 18.5 Å². The Hall–Kier alpha value is -2.10. The molecule has 1 aliphatic heterocycles. The van der Waals surface area contributed by atoms with Crippen molar-refractivity contribution in [2.45, 2.75) is 24.5 Å². The number of nitrogens with zero attached hydrogens (tertiary/aromatic N) is 4. The summed E-state index contributed by atoms with van der Waals surface area (Å²) >= 11 is 7.89. The third kappa shape index (κ3) is 4.84. The number of hydrogen-bond acceptors (Lipinski definition) is 6. The van der Waals surface area contributed by atoms with Gasteiger partial charge in [0, 0.05) is 38.1 Å². The average Bonchev–Trinajstić information content (AvgIpc) is 3.23. The molecule has 1 aliphatic rings. The van der Waals surface area contributed by atoms with Gasteiger partial charge in [0.15, 0.2) is 11.0 Å². The van der Waals surface area contributed by atoms with E-state index in [1.807, 2.05) is 28.8 Å². The van der Waals surface area contributed by atoms with Crippen LogP contribution in [0, 0.1) is 0 Å². The zero-order valence-corrected chi connectivity index (χ0v) is 17.1. The molecule has 1 N–H and O–H groups in total. The lowest BCUT2D eigenvalue weighted by Gasteiger charge is -2.12. The molecule has 1 saturated heterocycles. The Balaban J connectivity index is 1.67. The number of thioether (sulfide) groups is 1. The normalized spacial score (nSPS) is 14.0. The van der Waals surface area contributed by atoms with E-state index in [4.69, 9.17) is 16.3 Å². The number of urea groups is 1. The Bertz CT molecular complexity index is 828. The summed E-state index contributed by atoms with van der Waals surface area (Å²) < 4.78 is 7.20. The van der Waals surface area contributed by atoms with E-state index in [2.05, 4.69) is 15.5 Å². The summed E-state index contributed by atoms with van der Waals surface area (Å²) in [6.45, 7) is 1.82. The van der Waals surface area contributed by atoms with Crippen molar-refractivity contribution in [3.8, 4) is 11.4 Å². The molecule has 0 spiro atoms. The van der Waals surface area contributed by atoms with Crippen LogP contribution in [0.15, 0.2) is 29.4 Å². The van der Waals surface area contributed by atoms with Crippen LogP contribution in [0.2, 0.25) is 5.02 Å². The highest BCUT2D eigenvalue weighted by Gasteiger charge is 2.27. The van der Waals surface area contributed by atoms with Crippen molar-refractivity contribution in [2.24, 2.45) is 0 Å². The molecule has 10 heteroatoms. The fraction of sp³-hybridized carbons (Fsp3) is 0.444. The number of hydrogen-bond donors (Lipinski definition) is 1. The first-order valence-electron chi connectivity index (χ1n) is 9.00. The number of aromatic nitrogens is 3. The van der Waals surface area contributed by atoms with Crippen molar-refractivity contribution in [2.75, 3.05) is 32.6 Å². The highest BCUT2D eigenvalue weighted by Crippen LogP contribution is 2.29. The molecule has 3 rings (SSSR count). The van der Waals surface area contributed by atoms with Crippen LogP contribution < -0.4 is 5.32 Å². The second kappa shape index (κ2) is 9.90. The van der Waals surface area contributed by atoms with Gasteiger partial charge in [0.05, 0.1) is 11.6 Å². The van der Waals surface area contributed by atoms with Gasteiger partial charge in [0.2, 0.25) is 5.91 Å². The molecular weight excluding hydrogens is 402 g/mol. The number of rotatable bonds is 10. The highest BCUT2D eigenvalue weighted by atomic mass is 35.5. The molecule has 0 radical (unpaired) electrons. The number of nitrogens with one attached hydrogen (secondary N) is 1. The van der Waals surface area contributed by atoms with E-state index < -0.39 is 0 Å². The topological polar surface area (TPSA) is 89.4 Å². The Morgan fingerprint density at radius 3 is 2.75 bits per heavy atom. The third-order valence-electron chi connectivity index (χ3n) is 4.26. The predicted molar refractivity (Wildman–Crippen MR) is 107 cm³/mol. The van der Waals surface area contributed by atoms with Gasteiger partial charge in [0.25, 0.3) is 0 Å². The highest BCUT2D eigenvalue weighted by molar-refractivity contribution is 7.99. The number of carbonyl (C=O) groups is 2. The van der Waals surface area contributed by atoms with Crippen LogP contribution in [0.4, 0.5) is 4.79 Å².